The van der Waals surface area contributed by atoms with Crippen molar-refractivity contribution in [2.45, 2.75) is 4.90 Å². The zero-order valence-electron chi connectivity index (χ0n) is 11.0. The summed E-state index contributed by atoms with van der Waals surface area (Å²) in [6.07, 6.45) is 1.92. The Morgan fingerprint density at radius 2 is 1.81 bits per heavy atom. The van der Waals surface area contributed by atoms with Crippen molar-refractivity contribution >= 4 is 34.5 Å². The molecule has 0 aromatic heterocycles. The van der Waals surface area contributed by atoms with Crippen molar-refractivity contribution in [2.75, 3.05) is 11.6 Å². The van der Waals surface area contributed by atoms with Gasteiger partial charge in [-0.2, -0.15) is 0 Å². The molecule has 0 fully saturated rings. The third-order valence-corrected chi connectivity index (χ3v) is 3.46. The van der Waals surface area contributed by atoms with E-state index in [1.807, 2.05) is 24.5 Å². The minimum absolute atomic E-state index is 0.212. The summed E-state index contributed by atoms with van der Waals surface area (Å²) in [6, 6.07) is 10.9. The second kappa shape index (κ2) is 6.23. The van der Waals surface area contributed by atoms with Crippen LogP contribution in [0.2, 0.25) is 0 Å². The normalized spacial score (nSPS) is 10.1. The SMILES string of the molecule is CSc1cccc(Nc2ccc([N+](=O)[O-])cc2[N+](=O)[O-])c1. The summed E-state index contributed by atoms with van der Waals surface area (Å²) in [5.41, 5.74) is 0.242. The molecule has 0 saturated heterocycles. The van der Waals surface area contributed by atoms with Crippen LogP contribution in [0.5, 0.6) is 0 Å². The van der Waals surface area contributed by atoms with E-state index >= 15 is 0 Å². The quantitative estimate of drug-likeness (QED) is 0.510. The molecule has 0 bridgehead atoms. The first-order chi connectivity index (χ1) is 10.0. The lowest BCUT2D eigenvalue weighted by molar-refractivity contribution is -0.393. The smallest absolute Gasteiger partial charge is 0.299 e. The van der Waals surface area contributed by atoms with Gasteiger partial charge in [-0.15, -0.1) is 11.8 Å². The van der Waals surface area contributed by atoms with Gasteiger partial charge < -0.3 is 5.32 Å². The number of thioether (sulfide) groups is 1. The van der Waals surface area contributed by atoms with Crippen LogP contribution in [0.3, 0.4) is 0 Å². The van der Waals surface area contributed by atoms with Gasteiger partial charge in [0.05, 0.1) is 15.9 Å². The third-order valence-electron chi connectivity index (χ3n) is 2.74. The Morgan fingerprint density at radius 3 is 2.43 bits per heavy atom. The summed E-state index contributed by atoms with van der Waals surface area (Å²) in [5, 5.41) is 24.7. The summed E-state index contributed by atoms with van der Waals surface area (Å²) in [7, 11) is 0. The second-order valence-electron chi connectivity index (χ2n) is 4.07. The van der Waals surface area contributed by atoms with E-state index in [0.717, 1.165) is 11.0 Å². The molecular weight excluding hydrogens is 294 g/mol. The predicted octanol–water partition coefficient (Wildman–Crippen LogP) is 3.97. The van der Waals surface area contributed by atoms with Crippen LogP contribution in [0, 0.1) is 20.2 Å². The zero-order valence-corrected chi connectivity index (χ0v) is 11.8. The number of hydrogen-bond acceptors (Lipinski definition) is 6. The van der Waals surface area contributed by atoms with E-state index in [9.17, 15) is 20.2 Å². The predicted molar refractivity (Wildman–Crippen MR) is 81.3 cm³/mol. The lowest BCUT2D eigenvalue weighted by atomic mass is 10.2. The Balaban J connectivity index is 2.38. The molecule has 2 aromatic rings. The molecule has 0 saturated carbocycles. The van der Waals surface area contributed by atoms with E-state index in [4.69, 9.17) is 0 Å². The number of hydrogen-bond donors (Lipinski definition) is 1. The fourth-order valence-corrected chi connectivity index (χ4v) is 2.21. The average Bonchev–Trinajstić information content (AvgIpc) is 2.47. The van der Waals surface area contributed by atoms with Crippen molar-refractivity contribution in [1.82, 2.24) is 0 Å². The highest BCUT2D eigenvalue weighted by Gasteiger charge is 2.19. The first kappa shape index (κ1) is 14.8. The number of benzene rings is 2. The standard InChI is InChI=1S/C13H11N3O4S/c1-21-11-4-2-3-9(7-11)14-12-6-5-10(15(17)18)8-13(12)16(19)20/h2-8,14H,1H3. The zero-order chi connectivity index (χ0) is 15.4. The van der Waals surface area contributed by atoms with Gasteiger partial charge in [0, 0.05) is 16.6 Å². The van der Waals surface area contributed by atoms with E-state index in [0.29, 0.717) is 5.69 Å². The molecule has 8 heteroatoms. The first-order valence-electron chi connectivity index (χ1n) is 5.85. The van der Waals surface area contributed by atoms with E-state index in [1.54, 1.807) is 17.8 Å². The molecule has 0 spiro atoms. The topological polar surface area (TPSA) is 98.3 Å². The van der Waals surface area contributed by atoms with Gasteiger partial charge >= 0.3 is 0 Å². The minimum atomic E-state index is -0.662. The molecule has 2 aromatic carbocycles. The van der Waals surface area contributed by atoms with Crippen LogP contribution in [0.1, 0.15) is 0 Å². The van der Waals surface area contributed by atoms with E-state index in [2.05, 4.69) is 5.32 Å². The number of rotatable bonds is 5. The van der Waals surface area contributed by atoms with Crippen molar-refractivity contribution in [3.05, 3.63) is 62.7 Å². The van der Waals surface area contributed by atoms with Crippen LogP contribution in [-0.4, -0.2) is 16.1 Å². The minimum Gasteiger partial charge on any atom is -0.350 e. The van der Waals surface area contributed by atoms with Crippen LogP contribution in [0.15, 0.2) is 47.4 Å². The second-order valence-corrected chi connectivity index (χ2v) is 4.95. The summed E-state index contributed by atoms with van der Waals surface area (Å²) >= 11 is 1.55. The molecule has 0 atom stereocenters. The van der Waals surface area contributed by atoms with Gasteiger partial charge in [0.2, 0.25) is 0 Å². The molecule has 0 unspecified atom stereocenters. The fraction of sp³-hybridized carbons (Fsp3) is 0.0769. The number of nitrogens with zero attached hydrogens (tertiary/aromatic N) is 2. The van der Waals surface area contributed by atoms with Crippen molar-refractivity contribution < 1.29 is 9.85 Å². The van der Waals surface area contributed by atoms with Gasteiger partial charge in [0.15, 0.2) is 0 Å². The van der Waals surface area contributed by atoms with Gasteiger partial charge in [-0.05, 0) is 30.5 Å². The maximum Gasteiger partial charge on any atom is 0.299 e. The number of nitro groups is 2. The lowest BCUT2D eigenvalue weighted by Crippen LogP contribution is -1.98. The van der Waals surface area contributed by atoms with Gasteiger partial charge in [-0.1, -0.05) is 6.07 Å². The number of nitro benzene ring substituents is 2. The van der Waals surface area contributed by atoms with Crippen LogP contribution < -0.4 is 5.32 Å². The molecule has 0 amide bonds. The summed E-state index contributed by atoms with van der Waals surface area (Å²) in [5.74, 6) is 0. The molecule has 108 valence electrons. The van der Waals surface area contributed by atoms with Crippen molar-refractivity contribution in [3.63, 3.8) is 0 Å². The average molecular weight is 305 g/mol. The van der Waals surface area contributed by atoms with Crippen LogP contribution in [-0.2, 0) is 0 Å². The van der Waals surface area contributed by atoms with E-state index in [-0.39, 0.29) is 17.1 Å². The largest absolute Gasteiger partial charge is 0.350 e. The number of non-ortho nitro benzene ring substituents is 1. The number of anilines is 2. The Hall–Kier alpha value is -2.61. The maximum absolute atomic E-state index is 11.0. The molecule has 21 heavy (non-hydrogen) atoms. The molecule has 0 aliphatic heterocycles. The highest BCUT2D eigenvalue weighted by atomic mass is 32.2. The highest BCUT2D eigenvalue weighted by Crippen LogP contribution is 2.32. The molecule has 7 nitrogen and oxygen atoms in total. The first-order valence-corrected chi connectivity index (χ1v) is 7.07. The molecule has 0 aliphatic rings. The van der Waals surface area contributed by atoms with Crippen LogP contribution >= 0.6 is 11.8 Å². The molecule has 0 heterocycles. The van der Waals surface area contributed by atoms with Crippen molar-refractivity contribution in [1.29, 1.82) is 0 Å². The molecule has 0 aliphatic carbocycles. The molecular formula is C13H11N3O4S. The number of nitrogens with one attached hydrogen (secondary N) is 1. The fourth-order valence-electron chi connectivity index (χ4n) is 1.75. The Labute approximate surface area is 124 Å². The highest BCUT2D eigenvalue weighted by molar-refractivity contribution is 7.98. The van der Waals surface area contributed by atoms with Crippen LogP contribution in [0.4, 0.5) is 22.7 Å². The summed E-state index contributed by atoms with van der Waals surface area (Å²) in [6.45, 7) is 0. The molecule has 2 rings (SSSR count). The van der Waals surface area contributed by atoms with Gasteiger partial charge in [-0.25, -0.2) is 0 Å². The van der Waals surface area contributed by atoms with Gasteiger partial charge in [0.25, 0.3) is 11.4 Å². The Kier molecular flexibility index (Phi) is 4.39. The maximum atomic E-state index is 11.0. The lowest BCUT2D eigenvalue weighted by Gasteiger charge is -2.08. The third kappa shape index (κ3) is 3.48. The van der Waals surface area contributed by atoms with E-state index in [1.165, 1.54) is 12.1 Å². The van der Waals surface area contributed by atoms with Crippen molar-refractivity contribution in [3.8, 4) is 0 Å². The summed E-state index contributed by atoms with van der Waals surface area (Å²) in [4.78, 5) is 21.4. The van der Waals surface area contributed by atoms with Crippen molar-refractivity contribution in [2.24, 2.45) is 0 Å². The molecule has 0 radical (unpaired) electrons. The van der Waals surface area contributed by atoms with Gasteiger partial charge in [0.1, 0.15) is 5.69 Å². The Bertz CT molecular complexity index is 706. The Morgan fingerprint density at radius 1 is 1.05 bits per heavy atom. The van der Waals surface area contributed by atoms with E-state index < -0.39 is 9.85 Å². The summed E-state index contributed by atoms with van der Waals surface area (Å²) < 4.78 is 0. The monoisotopic (exact) mass is 305 g/mol. The molecule has 1 N–H and O–H groups in total. The van der Waals surface area contributed by atoms with Crippen LogP contribution in [0.25, 0.3) is 0 Å². The van der Waals surface area contributed by atoms with Gasteiger partial charge in [-0.3, -0.25) is 20.2 Å².